The Bertz CT molecular complexity index is 1220. The maximum absolute atomic E-state index is 13.5. The summed E-state index contributed by atoms with van der Waals surface area (Å²) in [5.74, 6) is 1.68. The minimum atomic E-state index is -0.105. The lowest BCUT2D eigenvalue weighted by molar-refractivity contribution is 0.102. The van der Waals surface area contributed by atoms with Gasteiger partial charge in [-0.15, -0.1) is 11.3 Å². The summed E-state index contributed by atoms with van der Waals surface area (Å²) in [6, 6.07) is 11.5. The molecule has 1 aromatic heterocycles. The molecule has 1 N–H and O–H groups in total. The molecule has 0 radical (unpaired) electrons. The lowest BCUT2D eigenvalue weighted by Crippen LogP contribution is -2.15. The van der Waals surface area contributed by atoms with Crippen LogP contribution in [-0.2, 0) is 19.3 Å². The van der Waals surface area contributed by atoms with E-state index in [1.807, 2.05) is 30.3 Å². The Morgan fingerprint density at radius 3 is 2.47 bits per heavy atom. The van der Waals surface area contributed by atoms with Crippen LogP contribution < -0.4 is 19.5 Å². The number of hydrogen-bond acceptors (Lipinski definition) is 6. The van der Waals surface area contributed by atoms with Gasteiger partial charge in [-0.1, -0.05) is 25.1 Å². The fourth-order valence-electron chi connectivity index (χ4n) is 4.29. The number of amides is 1. The fraction of sp³-hybridized carbons (Fsp3) is 0.333. The van der Waals surface area contributed by atoms with E-state index < -0.39 is 0 Å². The predicted octanol–water partition coefficient (Wildman–Crippen LogP) is 6.22. The summed E-state index contributed by atoms with van der Waals surface area (Å²) in [4.78, 5) is 19.6. The van der Waals surface area contributed by atoms with Gasteiger partial charge in [0, 0.05) is 28.4 Å². The smallest absolute Gasteiger partial charge is 0.259 e. The van der Waals surface area contributed by atoms with Gasteiger partial charge in [-0.05, 0) is 55.4 Å². The van der Waals surface area contributed by atoms with E-state index in [1.165, 1.54) is 4.88 Å². The number of anilines is 1. The highest BCUT2D eigenvalue weighted by Gasteiger charge is 2.25. The number of aryl methyl sites for hydroxylation is 2. The number of hydrogen-bond donors (Lipinski definition) is 1. The van der Waals surface area contributed by atoms with E-state index in [0.29, 0.717) is 22.8 Å². The number of rotatable bonds is 8. The number of ether oxygens (including phenoxy) is 3. The number of carbonyl (C=O) groups excluding carboxylic acids is 1. The average molecular weight is 479 g/mol. The van der Waals surface area contributed by atoms with Gasteiger partial charge in [-0.3, -0.25) is 4.79 Å². The molecule has 0 atom stereocenters. The van der Waals surface area contributed by atoms with Crippen LogP contribution in [0.15, 0.2) is 41.4 Å². The molecule has 178 valence electrons. The average Bonchev–Trinajstić information content (AvgIpc) is 3.25. The van der Waals surface area contributed by atoms with E-state index in [0.717, 1.165) is 59.5 Å². The molecule has 0 bridgehead atoms. The van der Waals surface area contributed by atoms with Crippen molar-refractivity contribution in [3.8, 4) is 17.2 Å². The SMILES string of the molecule is CCc1ccccc1NC(=O)c1c(/N=C/c2cc(OC)c(OC)cc2OC)sc2c1CCCC2. The van der Waals surface area contributed by atoms with Crippen molar-refractivity contribution in [2.75, 3.05) is 26.6 Å². The van der Waals surface area contributed by atoms with Crippen LogP contribution >= 0.6 is 11.3 Å². The number of thiophene rings is 1. The van der Waals surface area contributed by atoms with E-state index in [-0.39, 0.29) is 5.91 Å². The number of para-hydroxylation sites is 1. The van der Waals surface area contributed by atoms with Crippen LogP contribution in [0.5, 0.6) is 17.2 Å². The first-order chi connectivity index (χ1) is 16.6. The lowest BCUT2D eigenvalue weighted by atomic mass is 9.95. The number of carbonyl (C=O) groups is 1. The van der Waals surface area contributed by atoms with Gasteiger partial charge in [0.1, 0.15) is 10.8 Å². The zero-order chi connectivity index (χ0) is 24.1. The Hall–Kier alpha value is -3.32. The lowest BCUT2D eigenvalue weighted by Gasteiger charge is -2.14. The third-order valence-electron chi connectivity index (χ3n) is 6.08. The van der Waals surface area contributed by atoms with Crippen LogP contribution in [0.3, 0.4) is 0 Å². The number of nitrogens with zero attached hydrogens (tertiary/aromatic N) is 1. The first kappa shape index (κ1) is 23.8. The first-order valence-corrected chi connectivity index (χ1v) is 12.3. The van der Waals surface area contributed by atoms with Crippen LogP contribution in [0.2, 0.25) is 0 Å². The standard InChI is InChI=1S/C27H30N2O4S/c1-5-17-10-6-8-12-20(17)29-26(30)25-19-11-7-9-13-24(19)34-27(25)28-16-18-14-22(32-3)23(33-4)15-21(18)31-2/h6,8,10,12,14-16H,5,7,9,11,13H2,1-4H3,(H,29,30)/b28-16+. The maximum atomic E-state index is 13.5. The van der Waals surface area contributed by atoms with Gasteiger partial charge in [0.05, 0.1) is 26.9 Å². The molecule has 1 aliphatic rings. The number of methoxy groups -OCH3 is 3. The largest absolute Gasteiger partial charge is 0.496 e. The van der Waals surface area contributed by atoms with Crippen LogP contribution in [0.1, 0.15) is 51.7 Å². The summed E-state index contributed by atoms with van der Waals surface area (Å²) in [6.45, 7) is 2.09. The highest BCUT2D eigenvalue weighted by atomic mass is 32.1. The molecule has 0 saturated carbocycles. The minimum absolute atomic E-state index is 0.105. The molecule has 0 aliphatic heterocycles. The highest BCUT2D eigenvalue weighted by molar-refractivity contribution is 7.16. The summed E-state index contributed by atoms with van der Waals surface area (Å²) in [5, 5.41) is 3.86. The normalized spacial score (nSPS) is 12.9. The second-order valence-electron chi connectivity index (χ2n) is 8.06. The van der Waals surface area contributed by atoms with Gasteiger partial charge in [0.25, 0.3) is 5.91 Å². The van der Waals surface area contributed by atoms with Crippen molar-refractivity contribution < 1.29 is 19.0 Å². The number of aliphatic imine (C=N–C) groups is 1. The molecule has 7 heteroatoms. The topological polar surface area (TPSA) is 69.2 Å². The molecule has 0 unspecified atom stereocenters. The highest BCUT2D eigenvalue weighted by Crippen LogP contribution is 2.41. The summed E-state index contributed by atoms with van der Waals surface area (Å²) >= 11 is 1.61. The summed E-state index contributed by atoms with van der Waals surface area (Å²) in [7, 11) is 4.78. The summed E-state index contributed by atoms with van der Waals surface area (Å²) in [6.07, 6.45) is 6.69. The second-order valence-corrected chi connectivity index (χ2v) is 9.15. The van der Waals surface area contributed by atoms with Crippen LogP contribution in [0.25, 0.3) is 0 Å². The van der Waals surface area contributed by atoms with Crippen molar-refractivity contribution in [2.24, 2.45) is 4.99 Å². The molecule has 0 fully saturated rings. The molecular formula is C27H30N2O4S. The van der Waals surface area contributed by atoms with Crippen molar-refractivity contribution in [3.05, 3.63) is 63.5 Å². The molecule has 1 amide bonds. The van der Waals surface area contributed by atoms with Crippen molar-refractivity contribution in [2.45, 2.75) is 39.0 Å². The van der Waals surface area contributed by atoms with Crippen LogP contribution in [0, 0.1) is 0 Å². The van der Waals surface area contributed by atoms with Gasteiger partial charge in [0.2, 0.25) is 0 Å². The molecule has 2 aromatic carbocycles. The zero-order valence-electron chi connectivity index (χ0n) is 20.1. The monoisotopic (exact) mass is 478 g/mol. The van der Waals surface area contributed by atoms with Gasteiger partial charge in [-0.25, -0.2) is 4.99 Å². The van der Waals surface area contributed by atoms with Gasteiger partial charge >= 0.3 is 0 Å². The van der Waals surface area contributed by atoms with E-state index >= 15 is 0 Å². The van der Waals surface area contributed by atoms with E-state index in [2.05, 4.69) is 12.2 Å². The maximum Gasteiger partial charge on any atom is 0.259 e. The molecule has 0 spiro atoms. The van der Waals surface area contributed by atoms with Gasteiger partial charge in [0.15, 0.2) is 11.5 Å². The van der Waals surface area contributed by atoms with Gasteiger partial charge < -0.3 is 19.5 Å². The molecule has 0 saturated heterocycles. The third-order valence-corrected chi connectivity index (χ3v) is 7.28. The Labute approximate surface area is 204 Å². The number of nitrogens with one attached hydrogen (secondary N) is 1. The van der Waals surface area contributed by atoms with Crippen LogP contribution in [-0.4, -0.2) is 33.5 Å². The zero-order valence-corrected chi connectivity index (χ0v) is 20.9. The first-order valence-electron chi connectivity index (χ1n) is 11.5. The number of benzene rings is 2. The molecule has 3 aromatic rings. The molecule has 1 heterocycles. The van der Waals surface area contributed by atoms with Crippen molar-refractivity contribution in [1.29, 1.82) is 0 Å². The molecule has 6 nitrogen and oxygen atoms in total. The quantitative estimate of drug-likeness (QED) is 0.390. The van der Waals surface area contributed by atoms with E-state index in [4.69, 9.17) is 19.2 Å². The van der Waals surface area contributed by atoms with Crippen molar-refractivity contribution in [1.82, 2.24) is 0 Å². The minimum Gasteiger partial charge on any atom is -0.496 e. The predicted molar refractivity (Wildman–Crippen MR) is 138 cm³/mol. The Morgan fingerprint density at radius 1 is 1.03 bits per heavy atom. The number of fused-ring (bicyclic) bond motifs is 1. The van der Waals surface area contributed by atoms with Crippen molar-refractivity contribution in [3.63, 3.8) is 0 Å². The third kappa shape index (κ3) is 4.80. The van der Waals surface area contributed by atoms with E-state index in [9.17, 15) is 4.79 Å². The Balaban J connectivity index is 1.73. The van der Waals surface area contributed by atoms with E-state index in [1.54, 1.807) is 44.9 Å². The van der Waals surface area contributed by atoms with Crippen molar-refractivity contribution >= 4 is 34.1 Å². The fourth-order valence-corrected chi connectivity index (χ4v) is 5.52. The Morgan fingerprint density at radius 2 is 1.74 bits per heavy atom. The summed E-state index contributed by atoms with van der Waals surface area (Å²) < 4.78 is 16.4. The summed E-state index contributed by atoms with van der Waals surface area (Å²) in [5.41, 5.74) is 4.52. The van der Waals surface area contributed by atoms with Gasteiger partial charge in [-0.2, -0.15) is 0 Å². The van der Waals surface area contributed by atoms with Crippen LogP contribution in [0.4, 0.5) is 10.7 Å². The Kier molecular flexibility index (Phi) is 7.53. The second kappa shape index (κ2) is 10.7. The molecule has 34 heavy (non-hydrogen) atoms. The molecule has 4 rings (SSSR count). The molecule has 1 aliphatic carbocycles. The molecular weight excluding hydrogens is 448 g/mol.